The molecule has 1 aromatic carbocycles. The monoisotopic (exact) mass is 369 g/mol. The Balaban J connectivity index is 1.95. The number of rotatable bonds is 2. The predicted molar refractivity (Wildman–Crippen MR) is 79.4 cm³/mol. The Morgan fingerprint density at radius 2 is 2.21 bits per heavy atom. The third-order valence-electron chi connectivity index (χ3n) is 3.66. The molecule has 0 bridgehead atoms. The Morgan fingerprint density at radius 3 is 3.00 bits per heavy atom. The van der Waals surface area contributed by atoms with Crippen LogP contribution in [0.4, 0.5) is 4.39 Å². The highest BCUT2D eigenvalue weighted by molar-refractivity contribution is 14.1. The molecule has 2 unspecified atom stereocenters. The summed E-state index contributed by atoms with van der Waals surface area (Å²) in [7, 11) is 0. The Kier molecular flexibility index (Phi) is 3.54. The lowest BCUT2D eigenvalue weighted by molar-refractivity contribution is 0.142. The first-order valence-corrected chi connectivity index (χ1v) is 7.31. The Morgan fingerprint density at radius 1 is 1.37 bits per heavy atom. The molecule has 4 heteroatoms. The van der Waals surface area contributed by atoms with Gasteiger partial charge in [0.05, 0.1) is 6.10 Å². The number of aliphatic hydroxyl groups excluding tert-OH is 1. The molecule has 0 spiro atoms. The van der Waals surface area contributed by atoms with Gasteiger partial charge in [-0.25, -0.2) is 4.39 Å². The van der Waals surface area contributed by atoms with E-state index in [1.165, 1.54) is 17.7 Å². The van der Waals surface area contributed by atoms with Crippen LogP contribution in [0.2, 0.25) is 0 Å². The fourth-order valence-electron chi connectivity index (χ4n) is 2.71. The quantitative estimate of drug-likeness (QED) is 0.821. The molecule has 0 radical (unpaired) electrons. The zero-order valence-corrected chi connectivity index (χ0v) is 12.3. The molecule has 1 heterocycles. The van der Waals surface area contributed by atoms with Crippen molar-refractivity contribution in [2.24, 2.45) is 0 Å². The number of aryl methyl sites for hydroxylation is 1. The minimum absolute atomic E-state index is 0.00942. The first-order valence-electron chi connectivity index (χ1n) is 6.23. The van der Waals surface area contributed by atoms with E-state index in [-0.39, 0.29) is 11.7 Å². The largest absolute Gasteiger partial charge is 0.388 e. The summed E-state index contributed by atoms with van der Waals surface area (Å²) >= 11 is 2.07. The number of aliphatic hydroxyl groups is 1. The number of benzene rings is 1. The summed E-state index contributed by atoms with van der Waals surface area (Å²) in [6.07, 6.45) is 2.98. The lowest BCUT2D eigenvalue weighted by Crippen LogP contribution is -2.11. The molecule has 1 aliphatic rings. The van der Waals surface area contributed by atoms with Crippen LogP contribution in [-0.2, 0) is 6.42 Å². The van der Waals surface area contributed by atoms with Gasteiger partial charge in [0.1, 0.15) is 5.82 Å². The van der Waals surface area contributed by atoms with Gasteiger partial charge in [-0.3, -0.25) is 4.98 Å². The molecule has 1 N–H and O–H groups in total. The van der Waals surface area contributed by atoms with Crippen molar-refractivity contribution >= 4 is 22.6 Å². The maximum atomic E-state index is 13.1. The van der Waals surface area contributed by atoms with E-state index in [1.807, 2.05) is 6.07 Å². The number of nitrogens with zero attached hydrogens (tertiary/aromatic N) is 1. The predicted octanol–water partition coefficient (Wildman–Crippen LogP) is 3.59. The van der Waals surface area contributed by atoms with Crippen LogP contribution in [-0.4, -0.2) is 10.1 Å². The van der Waals surface area contributed by atoms with Crippen molar-refractivity contribution in [3.8, 4) is 0 Å². The zero-order valence-electron chi connectivity index (χ0n) is 10.2. The fourth-order valence-corrected chi connectivity index (χ4v) is 3.51. The van der Waals surface area contributed by atoms with Crippen molar-refractivity contribution in [1.29, 1.82) is 0 Å². The molecular weight excluding hydrogens is 356 g/mol. The van der Waals surface area contributed by atoms with Gasteiger partial charge in [0.15, 0.2) is 0 Å². The minimum atomic E-state index is -0.622. The number of halogens is 2. The summed E-state index contributed by atoms with van der Waals surface area (Å²) in [6.45, 7) is 0. The average Bonchev–Trinajstić information content (AvgIpc) is 2.82. The molecule has 2 aromatic rings. The Bertz CT molecular complexity index is 617. The molecule has 0 amide bonds. The van der Waals surface area contributed by atoms with Gasteiger partial charge in [-0.1, -0.05) is 12.1 Å². The Labute approximate surface area is 124 Å². The standard InChI is InChI=1S/C15H13FINO/c16-10-4-6-11(13(17)8-10)15(19)12-5-3-9-2-1-7-18-14(9)12/h1-2,4,6-8,12,15,19H,3,5H2. The van der Waals surface area contributed by atoms with Crippen molar-refractivity contribution < 1.29 is 9.50 Å². The summed E-state index contributed by atoms with van der Waals surface area (Å²) < 4.78 is 13.9. The number of fused-ring (bicyclic) bond motifs is 1. The third kappa shape index (κ3) is 2.39. The van der Waals surface area contributed by atoms with Crippen LogP contribution in [0.25, 0.3) is 0 Å². The van der Waals surface area contributed by atoms with E-state index >= 15 is 0 Å². The molecule has 0 fully saturated rings. The molecule has 3 rings (SSSR count). The second kappa shape index (κ2) is 5.17. The molecule has 1 aromatic heterocycles. The first-order chi connectivity index (χ1) is 9.16. The molecule has 98 valence electrons. The molecular formula is C15H13FINO. The van der Waals surface area contributed by atoms with Crippen LogP contribution in [0, 0.1) is 9.39 Å². The highest BCUT2D eigenvalue weighted by atomic mass is 127. The lowest BCUT2D eigenvalue weighted by Gasteiger charge is -2.20. The molecule has 0 saturated carbocycles. The van der Waals surface area contributed by atoms with Gasteiger partial charge in [0.25, 0.3) is 0 Å². The number of pyridine rings is 1. The molecule has 2 nitrogen and oxygen atoms in total. The van der Waals surface area contributed by atoms with Gasteiger partial charge in [0.2, 0.25) is 0 Å². The Hall–Kier alpha value is -1.01. The SMILES string of the molecule is OC(c1ccc(F)cc1I)C1CCc2cccnc21. The van der Waals surface area contributed by atoms with Gasteiger partial charge in [0, 0.05) is 21.4 Å². The third-order valence-corrected chi connectivity index (χ3v) is 4.60. The van der Waals surface area contributed by atoms with Gasteiger partial charge in [-0.15, -0.1) is 0 Å². The number of aromatic nitrogens is 1. The van der Waals surface area contributed by atoms with Gasteiger partial charge in [-0.05, 0) is 64.8 Å². The second-order valence-electron chi connectivity index (χ2n) is 4.80. The van der Waals surface area contributed by atoms with Crippen LogP contribution < -0.4 is 0 Å². The van der Waals surface area contributed by atoms with Crippen LogP contribution >= 0.6 is 22.6 Å². The topological polar surface area (TPSA) is 33.1 Å². The van der Waals surface area contributed by atoms with Gasteiger partial charge < -0.3 is 5.11 Å². The molecule has 19 heavy (non-hydrogen) atoms. The summed E-state index contributed by atoms with van der Waals surface area (Å²) in [5, 5.41) is 10.6. The van der Waals surface area contributed by atoms with Crippen LogP contribution in [0.1, 0.15) is 35.3 Å². The number of hydrogen-bond donors (Lipinski definition) is 1. The fraction of sp³-hybridized carbons (Fsp3) is 0.267. The lowest BCUT2D eigenvalue weighted by atomic mass is 9.93. The van der Waals surface area contributed by atoms with E-state index in [9.17, 15) is 9.50 Å². The minimum Gasteiger partial charge on any atom is -0.388 e. The summed E-state index contributed by atoms with van der Waals surface area (Å²) in [4.78, 5) is 4.40. The average molecular weight is 369 g/mol. The summed E-state index contributed by atoms with van der Waals surface area (Å²) in [6, 6.07) is 8.50. The summed E-state index contributed by atoms with van der Waals surface area (Å²) in [5.74, 6) is -0.263. The smallest absolute Gasteiger partial charge is 0.124 e. The highest BCUT2D eigenvalue weighted by Crippen LogP contribution is 2.41. The van der Waals surface area contributed by atoms with Crippen molar-refractivity contribution in [2.45, 2.75) is 24.9 Å². The molecule has 0 aliphatic heterocycles. The normalized spacial score (nSPS) is 19.2. The molecule has 1 aliphatic carbocycles. The van der Waals surface area contributed by atoms with Crippen LogP contribution in [0.15, 0.2) is 36.5 Å². The number of hydrogen-bond acceptors (Lipinski definition) is 2. The second-order valence-corrected chi connectivity index (χ2v) is 5.97. The van der Waals surface area contributed by atoms with Crippen molar-refractivity contribution in [3.05, 3.63) is 62.7 Å². The van der Waals surface area contributed by atoms with Crippen molar-refractivity contribution in [3.63, 3.8) is 0 Å². The van der Waals surface area contributed by atoms with Crippen molar-refractivity contribution in [1.82, 2.24) is 4.98 Å². The van der Waals surface area contributed by atoms with E-state index in [2.05, 4.69) is 33.6 Å². The van der Waals surface area contributed by atoms with Gasteiger partial charge in [-0.2, -0.15) is 0 Å². The maximum Gasteiger partial charge on any atom is 0.124 e. The van der Waals surface area contributed by atoms with E-state index in [0.29, 0.717) is 0 Å². The van der Waals surface area contributed by atoms with Crippen LogP contribution in [0.5, 0.6) is 0 Å². The first kappa shape index (κ1) is 13.0. The van der Waals surface area contributed by atoms with E-state index in [4.69, 9.17) is 0 Å². The van der Waals surface area contributed by atoms with E-state index < -0.39 is 6.10 Å². The highest BCUT2D eigenvalue weighted by Gasteiger charge is 2.31. The van der Waals surface area contributed by atoms with E-state index in [0.717, 1.165) is 27.7 Å². The van der Waals surface area contributed by atoms with Crippen LogP contribution in [0.3, 0.4) is 0 Å². The molecule has 0 saturated heterocycles. The summed E-state index contributed by atoms with van der Waals surface area (Å²) in [5.41, 5.74) is 2.98. The van der Waals surface area contributed by atoms with E-state index in [1.54, 1.807) is 12.3 Å². The zero-order chi connectivity index (χ0) is 13.4. The molecule has 2 atom stereocenters. The maximum absolute atomic E-state index is 13.1. The van der Waals surface area contributed by atoms with Gasteiger partial charge >= 0.3 is 0 Å². The van der Waals surface area contributed by atoms with Crippen molar-refractivity contribution in [2.75, 3.05) is 0 Å².